The smallest absolute Gasteiger partial charge is 0.120 e. The van der Waals surface area contributed by atoms with Crippen LogP contribution in [0.25, 0.3) is 0 Å². The van der Waals surface area contributed by atoms with E-state index in [4.69, 9.17) is 9.47 Å². The number of nitrogens with one attached hydrogen (secondary N) is 1. The first-order valence-electron chi connectivity index (χ1n) is 6.32. The normalized spacial score (nSPS) is 12.4. The number of benzene rings is 1. The highest BCUT2D eigenvalue weighted by Gasteiger charge is 2.06. The van der Waals surface area contributed by atoms with Gasteiger partial charge in [0.2, 0.25) is 0 Å². The first-order valence-corrected chi connectivity index (χ1v) is 7.11. The van der Waals surface area contributed by atoms with Gasteiger partial charge in [0.1, 0.15) is 5.75 Å². The fourth-order valence-electron chi connectivity index (χ4n) is 1.59. The lowest BCUT2D eigenvalue weighted by Gasteiger charge is -2.15. The molecule has 0 amide bonds. The van der Waals surface area contributed by atoms with Crippen molar-refractivity contribution < 1.29 is 9.47 Å². The molecule has 0 spiro atoms. The number of rotatable bonds is 8. The van der Waals surface area contributed by atoms with Crippen LogP contribution in [0.3, 0.4) is 0 Å². The van der Waals surface area contributed by atoms with Crippen LogP contribution in [0, 0.1) is 0 Å². The molecule has 1 atom stereocenters. The molecule has 0 saturated carbocycles. The van der Waals surface area contributed by atoms with Crippen LogP contribution >= 0.6 is 15.9 Å². The second-order valence-corrected chi connectivity index (χ2v) is 5.10. The van der Waals surface area contributed by atoms with Crippen LogP contribution in [-0.2, 0) is 11.3 Å². The molecule has 0 fully saturated rings. The molecule has 0 aliphatic heterocycles. The van der Waals surface area contributed by atoms with Crippen molar-refractivity contribution in [3.05, 3.63) is 28.2 Å². The van der Waals surface area contributed by atoms with Crippen molar-refractivity contribution >= 4 is 15.9 Å². The van der Waals surface area contributed by atoms with Gasteiger partial charge in [-0.2, -0.15) is 0 Å². The third-order valence-electron chi connectivity index (χ3n) is 2.65. The summed E-state index contributed by atoms with van der Waals surface area (Å²) in [6.07, 6.45) is 1.06. The van der Waals surface area contributed by atoms with Gasteiger partial charge in [0, 0.05) is 31.2 Å². The Hall–Kier alpha value is -0.580. The monoisotopic (exact) mass is 315 g/mol. The highest BCUT2D eigenvalue weighted by molar-refractivity contribution is 9.10. The molecule has 1 aromatic carbocycles. The van der Waals surface area contributed by atoms with Crippen molar-refractivity contribution in [1.29, 1.82) is 0 Å². The lowest BCUT2D eigenvalue weighted by molar-refractivity contribution is 0.135. The molecule has 0 saturated heterocycles. The fraction of sp³-hybridized carbons (Fsp3) is 0.571. The number of ether oxygens (including phenoxy) is 2. The molecule has 0 aliphatic carbocycles. The van der Waals surface area contributed by atoms with E-state index in [1.165, 1.54) is 5.56 Å². The summed E-state index contributed by atoms with van der Waals surface area (Å²) >= 11 is 3.55. The van der Waals surface area contributed by atoms with E-state index in [0.29, 0.717) is 0 Å². The molecule has 0 bridgehead atoms. The van der Waals surface area contributed by atoms with Gasteiger partial charge in [0.15, 0.2) is 0 Å². The summed E-state index contributed by atoms with van der Waals surface area (Å²) in [4.78, 5) is 0. The Kier molecular flexibility index (Phi) is 7.32. The van der Waals surface area contributed by atoms with Gasteiger partial charge in [-0.05, 0) is 37.2 Å². The van der Waals surface area contributed by atoms with E-state index in [2.05, 4.69) is 41.2 Å². The molecule has 4 heteroatoms. The average Bonchev–Trinajstić information content (AvgIpc) is 2.37. The maximum absolute atomic E-state index is 5.86. The molecular weight excluding hydrogens is 294 g/mol. The summed E-state index contributed by atoms with van der Waals surface area (Å²) in [5.41, 5.74) is 1.22. The molecule has 1 aromatic rings. The number of hydrogen-bond donors (Lipinski definition) is 1. The predicted molar refractivity (Wildman–Crippen MR) is 78.1 cm³/mol. The van der Waals surface area contributed by atoms with Gasteiger partial charge in [0.05, 0.1) is 6.10 Å². The van der Waals surface area contributed by atoms with E-state index in [1.807, 2.05) is 12.1 Å². The Balaban J connectivity index is 2.60. The molecule has 0 radical (unpaired) electrons. The van der Waals surface area contributed by atoms with Crippen molar-refractivity contribution in [3.8, 4) is 5.75 Å². The number of hydrogen-bond acceptors (Lipinski definition) is 3. The zero-order valence-corrected chi connectivity index (χ0v) is 12.9. The molecule has 0 heterocycles. The van der Waals surface area contributed by atoms with Crippen LogP contribution in [-0.4, -0.2) is 26.4 Å². The highest BCUT2D eigenvalue weighted by Crippen LogP contribution is 2.23. The molecule has 0 aliphatic rings. The van der Waals surface area contributed by atoms with E-state index < -0.39 is 0 Å². The molecule has 18 heavy (non-hydrogen) atoms. The quantitative estimate of drug-likeness (QED) is 0.798. The van der Waals surface area contributed by atoms with Crippen molar-refractivity contribution in [2.75, 3.05) is 20.3 Å². The van der Waals surface area contributed by atoms with E-state index in [0.717, 1.165) is 36.3 Å². The second kappa shape index (κ2) is 8.51. The minimum atomic E-state index is 0.165. The molecule has 1 N–H and O–H groups in total. The Morgan fingerprint density at radius 2 is 2.17 bits per heavy atom. The molecule has 3 nitrogen and oxygen atoms in total. The summed E-state index contributed by atoms with van der Waals surface area (Å²) in [7, 11) is 1.71. The zero-order valence-electron chi connectivity index (χ0n) is 11.3. The highest BCUT2D eigenvalue weighted by atomic mass is 79.9. The minimum absolute atomic E-state index is 0.165. The van der Waals surface area contributed by atoms with Crippen LogP contribution in [0.2, 0.25) is 0 Å². The van der Waals surface area contributed by atoms with E-state index >= 15 is 0 Å². The van der Waals surface area contributed by atoms with Crippen molar-refractivity contribution in [2.45, 2.75) is 32.9 Å². The van der Waals surface area contributed by atoms with Crippen LogP contribution in [0.5, 0.6) is 5.75 Å². The second-order valence-electron chi connectivity index (χ2n) is 4.24. The summed E-state index contributed by atoms with van der Waals surface area (Å²) in [6.45, 7) is 6.69. The largest absolute Gasteiger partial charge is 0.491 e. The Morgan fingerprint density at radius 3 is 2.83 bits per heavy atom. The fourth-order valence-corrected chi connectivity index (χ4v) is 1.98. The maximum Gasteiger partial charge on any atom is 0.120 e. The minimum Gasteiger partial charge on any atom is -0.491 e. The summed E-state index contributed by atoms with van der Waals surface area (Å²) in [6, 6.07) is 6.10. The van der Waals surface area contributed by atoms with Gasteiger partial charge < -0.3 is 14.8 Å². The number of methoxy groups -OCH3 is 1. The van der Waals surface area contributed by atoms with Gasteiger partial charge in [-0.15, -0.1) is 0 Å². The first-order chi connectivity index (χ1) is 8.67. The van der Waals surface area contributed by atoms with Crippen LogP contribution in [0.1, 0.15) is 25.8 Å². The van der Waals surface area contributed by atoms with Gasteiger partial charge in [-0.3, -0.25) is 0 Å². The topological polar surface area (TPSA) is 30.5 Å². The van der Waals surface area contributed by atoms with Gasteiger partial charge in [-0.1, -0.05) is 22.9 Å². The van der Waals surface area contributed by atoms with E-state index in [9.17, 15) is 0 Å². The SMILES string of the molecule is CCNCc1cc(OC(C)CCOC)ccc1Br. The summed E-state index contributed by atoms with van der Waals surface area (Å²) < 4.78 is 12.0. The molecular formula is C14H22BrNO2. The standard InChI is InChI=1S/C14H22BrNO2/c1-4-16-10-12-9-13(5-6-14(12)15)18-11(2)7-8-17-3/h5-6,9,11,16H,4,7-8,10H2,1-3H3. The maximum atomic E-state index is 5.86. The van der Waals surface area contributed by atoms with E-state index in [-0.39, 0.29) is 6.10 Å². The van der Waals surface area contributed by atoms with Gasteiger partial charge >= 0.3 is 0 Å². The van der Waals surface area contributed by atoms with Crippen LogP contribution in [0.4, 0.5) is 0 Å². The lowest BCUT2D eigenvalue weighted by Crippen LogP contribution is -2.15. The molecule has 1 unspecified atom stereocenters. The van der Waals surface area contributed by atoms with Crippen molar-refractivity contribution in [1.82, 2.24) is 5.32 Å². The van der Waals surface area contributed by atoms with Crippen molar-refractivity contribution in [3.63, 3.8) is 0 Å². The Morgan fingerprint density at radius 1 is 1.39 bits per heavy atom. The molecule has 0 aromatic heterocycles. The average molecular weight is 316 g/mol. The predicted octanol–water partition coefficient (Wildman–Crippen LogP) is 3.36. The van der Waals surface area contributed by atoms with Gasteiger partial charge in [0.25, 0.3) is 0 Å². The van der Waals surface area contributed by atoms with Crippen molar-refractivity contribution in [2.24, 2.45) is 0 Å². The summed E-state index contributed by atoms with van der Waals surface area (Å²) in [5.74, 6) is 0.912. The van der Waals surface area contributed by atoms with Crippen LogP contribution < -0.4 is 10.1 Å². The summed E-state index contributed by atoms with van der Waals surface area (Å²) in [5, 5.41) is 3.31. The first kappa shape index (κ1) is 15.5. The molecule has 102 valence electrons. The van der Waals surface area contributed by atoms with Gasteiger partial charge in [-0.25, -0.2) is 0 Å². The zero-order chi connectivity index (χ0) is 13.4. The third kappa shape index (κ3) is 5.38. The Bertz CT molecular complexity index is 358. The Labute approximate surface area is 118 Å². The van der Waals surface area contributed by atoms with E-state index in [1.54, 1.807) is 7.11 Å². The lowest BCUT2D eigenvalue weighted by atomic mass is 10.2. The van der Waals surface area contributed by atoms with Crippen LogP contribution in [0.15, 0.2) is 22.7 Å². The number of halogens is 1. The third-order valence-corrected chi connectivity index (χ3v) is 3.42. The molecule has 1 rings (SSSR count).